The van der Waals surface area contributed by atoms with Gasteiger partial charge in [0, 0.05) is 19.5 Å². The normalized spacial score (nSPS) is 18.7. The van der Waals surface area contributed by atoms with E-state index in [4.69, 9.17) is 0 Å². The molecule has 0 atom stereocenters. The highest BCUT2D eigenvalue weighted by atomic mass is 79.9. The summed E-state index contributed by atoms with van der Waals surface area (Å²) in [6.07, 6.45) is 0.199. The maximum Gasteiger partial charge on any atom is 0.143 e. The van der Waals surface area contributed by atoms with E-state index >= 15 is 0 Å². The van der Waals surface area contributed by atoms with Crippen molar-refractivity contribution in [3.8, 4) is 0 Å². The Hall–Kier alpha value is -0.520. The lowest BCUT2D eigenvalue weighted by Crippen LogP contribution is -2.60. The summed E-state index contributed by atoms with van der Waals surface area (Å²) in [5.41, 5.74) is -0.565. The van der Waals surface area contributed by atoms with Gasteiger partial charge in [-0.05, 0) is 27.6 Å². The molecule has 0 spiro atoms. The molecule has 1 aliphatic rings. The minimum atomic E-state index is -0.891. The number of rotatable bonds is 2. The zero-order valence-corrected chi connectivity index (χ0v) is 9.44. The number of hydrogen-bond acceptors (Lipinski definition) is 2. The fourth-order valence-electron chi connectivity index (χ4n) is 1.60. The van der Waals surface area contributed by atoms with Gasteiger partial charge in [-0.15, -0.1) is 0 Å². The number of aliphatic hydroxyl groups is 1. The molecule has 2 rings (SSSR count). The average Bonchev–Trinajstić information content (AvgIpc) is 2.17. The number of benzene rings is 1. The summed E-state index contributed by atoms with van der Waals surface area (Å²) in [6.45, 7) is 0.892. The van der Waals surface area contributed by atoms with Gasteiger partial charge in [0.2, 0.25) is 0 Å². The lowest BCUT2D eigenvalue weighted by Gasteiger charge is -2.37. The van der Waals surface area contributed by atoms with Gasteiger partial charge in [0.05, 0.1) is 10.1 Å². The largest absolute Gasteiger partial charge is 0.387 e. The molecule has 15 heavy (non-hydrogen) atoms. The fraction of sp³-hybridized carbons (Fsp3) is 0.400. The Bertz CT molecular complexity index is 393. The van der Waals surface area contributed by atoms with Gasteiger partial charge >= 0.3 is 0 Å². The quantitative estimate of drug-likeness (QED) is 0.805. The number of nitrogens with one attached hydrogen (secondary N) is 1. The second-order valence-corrected chi connectivity index (χ2v) is 4.63. The van der Waals surface area contributed by atoms with Gasteiger partial charge in [-0.2, -0.15) is 0 Å². The van der Waals surface area contributed by atoms with Crippen molar-refractivity contribution in [1.29, 1.82) is 0 Å². The van der Waals surface area contributed by atoms with E-state index in [2.05, 4.69) is 21.2 Å². The molecule has 5 heteroatoms. The van der Waals surface area contributed by atoms with Crippen LogP contribution in [-0.4, -0.2) is 23.8 Å². The van der Waals surface area contributed by atoms with Crippen molar-refractivity contribution in [2.45, 2.75) is 12.0 Å². The summed E-state index contributed by atoms with van der Waals surface area (Å²) >= 11 is 2.83. The molecular weight excluding hydrogens is 268 g/mol. The highest BCUT2D eigenvalue weighted by molar-refractivity contribution is 9.10. The first-order chi connectivity index (χ1) is 7.02. The van der Waals surface area contributed by atoms with Crippen molar-refractivity contribution >= 4 is 15.9 Å². The standard InChI is InChI=1S/C10H10BrF2NO/c11-8-7(12)2-1-6(9(8)13)3-10(15)4-14-5-10/h1-2,14-15H,3-5H2. The molecule has 0 amide bonds. The van der Waals surface area contributed by atoms with Crippen LogP contribution in [0.15, 0.2) is 16.6 Å². The average molecular weight is 278 g/mol. The van der Waals surface area contributed by atoms with Crippen molar-refractivity contribution in [3.63, 3.8) is 0 Å². The van der Waals surface area contributed by atoms with Crippen LogP contribution in [0.2, 0.25) is 0 Å². The summed E-state index contributed by atoms with van der Waals surface area (Å²) < 4.78 is 26.3. The monoisotopic (exact) mass is 277 g/mol. The maximum atomic E-state index is 13.5. The van der Waals surface area contributed by atoms with Crippen molar-refractivity contribution < 1.29 is 13.9 Å². The molecule has 1 saturated heterocycles. The van der Waals surface area contributed by atoms with Gasteiger partial charge in [0.1, 0.15) is 11.6 Å². The number of β-amino-alcohol motifs (C(OH)–C–C–N with tert-alkyl or cyclic N) is 1. The van der Waals surface area contributed by atoms with E-state index in [0.717, 1.165) is 0 Å². The Morgan fingerprint density at radius 2 is 2.07 bits per heavy atom. The lowest BCUT2D eigenvalue weighted by molar-refractivity contribution is -0.00972. The lowest BCUT2D eigenvalue weighted by atomic mass is 9.89. The third-order valence-electron chi connectivity index (χ3n) is 2.54. The molecule has 0 unspecified atom stereocenters. The zero-order valence-electron chi connectivity index (χ0n) is 7.86. The molecule has 1 fully saturated rings. The van der Waals surface area contributed by atoms with E-state index in [1.165, 1.54) is 12.1 Å². The van der Waals surface area contributed by atoms with Crippen LogP contribution >= 0.6 is 15.9 Å². The van der Waals surface area contributed by atoms with Crippen LogP contribution in [0.5, 0.6) is 0 Å². The SMILES string of the molecule is OC1(Cc2ccc(F)c(Br)c2F)CNC1. The van der Waals surface area contributed by atoms with Gasteiger partial charge in [-0.3, -0.25) is 0 Å². The van der Waals surface area contributed by atoms with E-state index in [1.54, 1.807) is 0 Å². The van der Waals surface area contributed by atoms with Crippen LogP contribution in [0.1, 0.15) is 5.56 Å². The van der Waals surface area contributed by atoms with Crippen molar-refractivity contribution in [2.24, 2.45) is 0 Å². The second-order valence-electron chi connectivity index (χ2n) is 3.84. The van der Waals surface area contributed by atoms with Crippen LogP contribution in [0.25, 0.3) is 0 Å². The minimum absolute atomic E-state index is 0.170. The zero-order chi connectivity index (χ0) is 11.1. The highest BCUT2D eigenvalue weighted by Gasteiger charge is 2.35. The molecule has 1 aromatic carbocycles. The first kappa shape index (κ1) is 11.0. The molecule has 2 nitrogen and oxygen atoms in total. The summed E-state index contributed by atoms with van der Waals surface area (Å²) in [5, 5.41) is 12.7. The summed E-state index contributed by atoms with van der Waals surface area (Å²) in [4.78, 5) is 0. The van der Waals surface area contributed by atoms with Crippen LogP contribution in [0.3, 0.4) is 0 Å². The Morgan fingerprint density at radius 1 is 1.40 bits per heavy atom. The van der Waals surface area contributed by atoms with Crippen LogP contribution in [-0.2, 0) is 6.42 Å². The molecule has 2 N–H and O–H groups in total. The number of halogens is 3. The highest BCUT2D eigenvalue weighted by Crippen LogP contribution is 2.26. The van der Waals surface area contributed by atoms with Crippen molar-refractivity contribution in [3.05, 3.63) is 33.8 Å². The minimum Gasteiger partial charge on any atom is -0.387 e. The Balaban J connectivity index is 2.25. The van der Waals surface area contributed by atoms with Gasteiger partial charge < -0.3 is 10.4 Å². The van der Waals surface area contributed by atoms with E-state index in [1.807, 2.05) is 0 Å². The molecule has 0 saturated carbocycles. The third kappa shape index (κ3) is 2.04. The summed E-state index contributed by atoms with van der Waals surface area (Å²) in [5.74, 6) is -1.26. The molecule has 0 aromatic heterocycles. The Morgan fingerprint density at radius 3 is 2.60 bits per heavy atom. The predicted octanol–water partition coefficient (Wildman–Crippen LogP) is 1.60. The Labute approximate surface area is 94.4 Å². The molecule has 1 aromatic rings. The number of hydrogen-bond donors (Lipinski definition) is 2. The first-order valence-electron chi connectivity index (χ1n) is 4.57. The molecular formula is C10H10BrF2NO. The van der Waals surface area contributed by atoms with E-state index in [9.17, 15) is 13.9 Å². The molecule has 0 bridgehead atoms. The van der Waals surface area contributed by atoms with Crippen LogP contribution in [0.4, 0.5) is 8.78 Å². The summed E-state index contributed by atoms with van der Waals surface area (Å²) in [7, 11) is 0. The molecule has 1 heterocycles. The first-order valence-corrected chi connectivity index (χ1v) is 5.37. The van der Waals surface area contributed by atoms with Gasteiger partial charge in [-0.25, -0.2) is 8.78 Å². The van der Waals surface area contributed by atoms with Crippen LogP contribution in [0, 0.1) is 11.6 Å². The van der Waals surface area contributed by atoms with Gasteiger partial charge in [0.15, 0.2) is 0 Å². The summed E-state index contributed by atoms with van der Waals surface area (Å²) in [6, 6.07) is 2.56. The molecule has 1 aliphatic heterocycles. The van der Waals surface area contributed by atoms with Gasteiger partial charge in [-0.1, -0.05) is 6.07 Å². The topological polar surface area (TPSA) is 32.3 Å². The van der Waals surface area contributed by atoms with Crippen LogP contribution < -0.4 is 5.32 Å². The van der Waals surface area contributed by atoms with E-state index in [0.29, 0.717) is 18.7 Å². The van der Waals surface area contributed by atoms with Crippen molar-refractivity contribution in [2.75, 3.05) is 13.1 Å². The molecule has 0 radical (unpaired) electrons. The molecule has 82 valence electrons. The van der Waals surface area contributed by atoms with E-state index < -0.39 is 17.2 Å². The maximum absolute atomic E-state index is 13.5. The van der Waals surface area contributed by atoms with Gasteiger partial charge in [0.25, 0.3) is 0 Å². The smallest absolute Gasteiger partial charge is 0.143 e. The van der Waals surface area contributed by atoms with E-state index in [-0.39, 0.29) is 10.9 Å². The molecule has 0 aliphatic carbocycles. The van der Waals surface area contributed by atoms with Crippen molar-refractivity contribution in [1.82, 2.24) is 5.32 Å². The second kappa shape index (κ2) is 3.81. The predicted molar refractivity (Wildman–Crippen MR) is 55.6 cm³/mol. The Kier molecular flexibility index (Phi) is 2.79. The third-order valence-corrected chi connectivity index (χ3v) is 3.27. The fourth-order valence-corrected chi connectivity index (χ4v) is 1.98.